The van der Waals surface area contributed by atoms with Gasteiger partial charge in [0, 0.05) is 31.9 Å². The average Bonchev–Trinajstić information content (AvgIpc) is 2.30. The second-order valence-electron chi connectivity index (χ2n) is 4.27. The quantitative estimate of drug-likeness (QED) is 0.929. The van der Waals surface area contributed by atoms with Crippen LogP contribution in [0.2, 0.25) is 0 Å². The SMILES string of the molecule is Cc1cccc([C@H](C(F)F)N2CCNCC2)n1.Cl.Cl. The van der Waals surface area contributed by atoms with Gasteiger partial charge in [-0.3, -0.25) is 9.88 Å². The number of nitrogens with one attached hydrogen (secondary N) is 1. The predicted octanol–water partition coefficient (Wildman–Crippen LogP) is 2.45. The Labute approximate surface area is 124 Å². The van der Waals surface area contributed by atoms with Crippen LogP contribution in [-0.4, -0.2) is 42.5 Å². The van der Waals surface area contributed by atoms with Crippen molar-refractivity contribution in [1.29, 1.82) is 0 Å². The topological polar surface area (TPSA) is 28.2 Å². The standard InChI is InChI=1S/C12H17F2N3.2ClH/c1-9-3-2-4-10(16-9)11(12(13)14)17-7-5-15-6-8-17;;/h2-4,11-12,15H,5-8H2,1H3;2*1H/t11-;;/m1../s1. The van der Waals surface area contributed by atoms with E-state index in [9.17, 15) is 8.78 Å². The number of pyridine rings is 1. The summed E-state index contributed by atoms with van der Waals surface area (Å²) >= 11 is 0. The highest BCUT2D eigenvalue weighted by atomic mass is 35.5. The Morgan fingerprint density at radius 2 is 1.84 bits per heavy atom. The smallest absolute Gasteiger partial charge is 0.259 e. The van der Waals surface area contributed by atoms with Crippen LogP contribution in [-0.2, 0) is 0 Å². The third kappa shape index (κ3) is 4.84. The first-order valence-corrected chi connectivity index (χ1v) is 5.85. The van der Waals surface area contributed by atoms with E-state index >= 15 is 0 Å². The van der Waals surface area contributed by atoms with Crippen LogP contribution in [0.4, 0.5) is 8.78 Å². The lowest BCUT2D eigenvalue weighted by Gasteiger charge is -2.34. The molecule has 1 aromatic rings. The highest BCUT2D eigenvalue weighted by Crippen LogP contribution is 2.26. The lowest BCUT2D eigenvalue weighted by Crippen LogP contribution is -2.47. The van der Waals surface area contributed by atoms with E-state index < -0.39 is 12.5 Å². The molecule has 0 spiro atoms. The predicted molar refractivity (Wildman–Crippen MR) is 76.7 cm³/mol. The van der Waals surface area contributed by atoms with Crippen molar-refractivity contribution in [3.63, 3.8) is 0 Å². The number of aromatic nitrogens is 1. The van der Waals surface area contributed by atoms with Gasteiger partial charge in [-0.1, -0.05) is 6.07 Å². The summed E-state index contributed by atoms with van der Waals surface area (Å²) in [4.78, 5) is 6.04. The first-order valence-electron chi connectivity index (χ1n) is 5.85. The number of halogens is 4. The normalized spacial score (nSPS) is 17.5. The molecule has 1 saturated heterocycles. The summed E-state index contributed by atoms with van der Waals surface area (Å²) < 4.78 is 26.4. The number of nitrogens with zero attached hydrogens (tertiary/aromatic N) is 2. The minimum Gasteiger partial charge on any atom is -0.314 e. The minimum atomic E-state index is -2.40. The van der Waals surface area contributed by atoms with E-state index in [1.165, 1.54) is 0 Å². The fraction of sp³-hybridized carbons (Fsp3) is 0.583. The molecule has 19 heavy (non-hydrogen) atoms. The van der Waals surface area contributed by atoms with Crippen molar-refractivity contribution < 1.29 is 8.78 Å². The molecule has 0 saturated carbocycles. The van der Waals surface area contributed by atoms with Crippen molar-refractivity contribution in [2.24, 2.45) is 0 Å². The summed E-state index contributed by atoms with van der Waals surface area (Å²) in [7, 11) is 0. The highest BCUT2D eigenvalue weighted by Gasteiger charge is 2.31. The molecule has 2 rings (SSSR count). The van der Waals surface area contributed by atoms with Gasteiger partial charge in [0.1, 0.15) is 6.04 Å². The maximum absolute atomic E-state index is 13.2. The van der Waals surface area contributed by atoms with E-state index in [1.807, 2.05) is 17.9 Å². The van der Waals surface area contributed by atoms with Crippen molar-refractivity contribution in [2.45, 2.75) is 19.4 Å². The van der Waals surface area contributed by atoms with Crippen molar-refractivity contribution >= 4 is 24.8 Å². The fourth-order valence-electron chi connectivity index (χ4n) is 2.16. The van der Waals surface area contributed by atoms with Crippen LogP contribution in [0.1, 0.15) is 17.4 Å². The molecule has 1 aliphatic rings. The molecule has 0 bridgehead atoms. The van der Waals surface area contributed by atoms with Crippen LogP contribution in [0.5, 0.6) is 0 Å². The van der Waals surface area contributed by atoms with Gasteiger partial charge in [-0.05, 0) is 19.1 Å². The van der Waals surface area contributed by atoms with Crippen LogP contribution in [0, 0.1) is 6.92 Å². The number of piperazine rings is 1. The van der Waals surface area contributed by atoms with Gasteiger partial charge in [0.25, 0.3) is 6.43 Å². The molecule has 1 fully saturated rings. The maximum atomic E-state index is 13.2. The average molecular weight is 314 g/mol. The molecule has 7 heteroatoms. The number of alkyl halides is 2. The molecule has 0 radical (unpaired) electrons. The Hall–Kier alpha value is -0.490. The van der Waals surface area contributed by atoms with Gasteiger partial charge in [-0.2, -0.15) is 0 Å². The monoisotopic (exact) mass is 313 g/mol. The van der Waals surface area contributed by atoms with Gasteiger partial charge in [0.2, 0.25) is 0 Å². The van der Waals surface area contributed by atoms with Crippen LogP contribution in [0.3, 0.4) is 0 Å². The van der Waals surface area contributed by atoms with Crippen LogP contribution < -0.4 is 5.32 Å². The second kappa shape index (κ2) is 8.64. The molecule has 0 aliphatic carbocycles. The third-order valence-electron chi connectivity index (χ3n) is 3.00. The summed E-state index contributed by atoms with van der Waals surface area (Å²) in [5.74, 6) is 0. The molecule has 0 aromatic carbocycles. The van der Waals surface area contributed by atoms with Crippen molar-refractivity contribution in [2.75, 3.05) is 26.2 Å². The second-order valence-corrected chi connectivity index (χ2v) is 4.27. The zero-order chi connectivity index (χ0) is 12.3. The van der Waals surface area contributed by atoms with Crippen LogP contribution in [0.25, 0.3) is 0 Å². The van der Waals surface area contributed by atoms with Crippen molar-refractivity contribution in [3.8, 4) is 0 Å². The van der Waals surface area contributed by atoms with Gasteiger partial charge in [0.15, 0.2) is 0 Å². The lowest BCUT2D eigenvalue weighted by molar-refractivity contribution is 0.0160. The van der Waals surface area contributed by atoms with E-state index in [-0.39, 0.29) is 24.8 Å². The minimum absolute atomic E-state index is 0. The molecular formula is C12H19Cl2F2N3. The summed E-state index contributed by atoms with van der Waals surface area (Å²) in [6.07, 6.45) is -2.40. The summed E-state index contributed by atoms with van der Waals surface area (Å²) in [5.41, 5.74) is 1.25. The zero-order valence-electron chi connectivity index (χ0n) is 10.7. The van der Waals surface area contributed by atoms with Gasteiger partial charge in [-0.25, -0.2) is 8.78 Å². The molecule has 0 amide bonds. The molecule has 1 atom stereocenters. The van der Waals surface area contributed by atoms with Crippen LogP contribution >= 0.6 is 24.8 Å². The Bertz CT molecular complexity index is 374. The largest absolute Gasteiger partial charge is 0.314 e. The number of rotatable bonds is 3. The first-order chi connectivity index (χ1) is 8.18. The number of aryl methyl sites for hydroxylation is 1. The Balaban J connectivity index is 0.00000162. The van der Waals surface area contributed by atoms with Crippen LogP contribution in [0.15, 0.2) is 18.2 Å². The van der Waals surface area contributed by atoms with Gasteiger partial charge in [-0.15, -0.1) is 24.8 Å². The van der Waals surface area contributed by atoms with E-state index in [2.05, 4.69) is 10.3 Å². The fourth-order valence-corrected chi connectivity index (χ4v) is 2.16. The Morgan fingerprint density at radius 1 is 1.21 bits per heavy atom. The Morgan fingerprint density at radius 3 is 2.37 bits per heavy atom. The maximum Gasteiger partial charge on any atom is 0.259 e. The summed E-state index contributed by atoms with van der Waals surface area (Å²) in [6, 6.07) is 4.42. The molecule has 2 heterocycles. The first kappa shape index (κ1) is 18.5. The zero-order valence-corrected chi connectivity index (χ0v) is 12.3. The van der Waals surface area contributed by atoms with Gasteiger partial charge >= 0.3 is 0 Å². The van der Waals surface area contributed by atoms with Gasteiger partial charge < -0.3 is 5.32 Å². The van der Waals surface area contributed by atoms with Gasteiger partial charge in [0.05, 0.1) is 5.69 Å². The van der Waals surface area contributed by atoms with Crippen molar-refractivity contribution in [1.82, 2.24) is 15.2 Å². The molecule has 1 aliphatic heterocycles. The number of hydrogen-bond donors (Lipinski definition) is 1. The summed E-state index contributed by atoms with van der Waals surface area (Å²) in [5, 5.41) is 3.16. The van der Waals surface area contributed by atoms with E-state index in [4.69, 9.17) is 0 Å². The third-order valence-corrected chi connectivity index (χ3v) is 3.00. The highest BCUT2D eigenvalue weighted by molar-refractivity contribution is 5.85. The molecule has 3 nitrogen and oxygen atoms in total. The molecular weight excluding hydrogens is 295 g/mol. The molecule has 110 valence electrons. The van der Waals surface area contributed by atoms with Crippen molar-refractivity contribution in [3.05, 3.63) is 29.6 Å². The number of hydrogen-bond acceptors (Lipinski definition) is 3. The lowest BCUT2D eigenvalue weighted by atomic mass is 10.1. The van der Waals surface area contributed by atoms with E-state index in [1.54, 1.807) is 12.1 Å². The molecule has 1 aromatic heterocycles. The Kier molecular flexibility index (Phi) is 8.41. The molecule has 1 N–H and O–H groups in total. The molecule has 0 unspecified atom stereocenters. The van der Waals surface area contributed by atoms with E-state index in [0.717, 1.165) is 18.8 Å². The van der Waals surface area contributed by atoms with E-state index in [0.29, 0.717) is 18.8 Å². The summed E-state index contributed by atoms with van der Waals surface area (Å²) in [6.45, 7) is 4.63.